The highest BCUT2D eigenvalue weighted by Gasteiger charge is 2.26. The van der Waals surface area contributed by atoms with Crippen molar-refractivity contribution in [3.63, 3.8) is 0 Å². The number of nitrogens with zero attached hydrogens (tertiary/aromatic N) is 1. The van der Waals surface area contributed by atoms with Gasteiger partial charge in [0.2, 0.25) is 0 Å². The summed E-state index contributed by atoms with van der Waals surface area (Å²) in [4.78, 5) is 11.8. The zero-order chi connectivity index (χ0) is 15.6. The molecule has 0 bridgehead atoms. The van der Waals surface area contributed by atoms with E-state index in [1.807, 2.05) is 23.7 Å². The molecule has 0 spiro atoms. The van der Waals surface area contributed by atoms with Gasteiger partial charge in [-0.15, -0.1) is 0 Å². The third-order valence-electron chi connectivity index (χ3n) is 4.08. The molecule has 3 nitrogen and oxygen atoms in total. The van der Waals surface area contributed by atoms with Crippen molar-refractivity contribution in [1.82, 2.24) is 4.57 Å². The molecule has 0 unspecified atom stereocenters. The van der Waals surface area contributed by atoms with E-state index < -0.39 is 5.97 Å². The summed E-state index contributed by atoms with van der Waals surface area (Å²) in [6.45, 7) is 4.28. The Balaban J connectivity index is 2.73. The van der Waals surface area contributed by atoms with E-state index in [4.69, 9.17) is 11.6 Å². The Bertz CT molecular complexity index is 654. The van der Waals surface area contributed by atoms with Crippen molar-refractivity contribution >= 4 is 28.5 Å². The second kappa shape index (κ2) is 6.52. The summed E-state index contributed by atoms with van der Waals surface area (Å²) in [5.74, 6) is -0.586. The molecule has 0 aliphatic heterocycles. The van der Waals surface area contributed by atoms with Crippen LogP contribution in [0, 0.1) is 0 Å². The van der Waals surface area contributed by atoms with Crippen LogP contribution < -0.4 is 0 Å². The summed E-state index contributed by atoms with van der Waals surface area (Å²) in [5, 5.41) is 11.0. The van der Waals surface area contributed by atoms with Crippen LogP contribution in [-0.4, -0.2) is 15.6 Å². The molecule has 0 fully saturated rings. The van der Waals surface area contributed by atoms with E-state index in [1.165, 1.54) is 0 Å². The number of hydrogen-bond donors (Lipinski definition) is 1. The normalized spacial score (nSPS) is 11.5. The van der Waals surface area contributed by atoms with Crippen LogP contribution in [0.15, 0.2) is 18.2 Å². The van der Waals surface area contributed by atoms with Crippen LogP contribution in [0.4, 0.5) is 0 Å². The molecule has 0 aliphatic carbocycles. The second-order valence-electron chi connectivity index (χ2n) is 5.56. The molecule has 0 atom stereocenters. The van der Waals surface area contributed by atoms with Crippen molar-refractivity contribution < 1.29 is 9.90 Å². The number of halogens is 1. The molecule has 1 aromatic heterocycles. The number of aromatic nitrogens is 1. The maximum absolute atomic E-state index is 11.8. The molecule has 0 saturated carbocycles. The molecule has 21 heavy (non-hydrogen) atoms. The largest absolute Gasteiger partial charge is 0.478 e. The zero-order valence-corrected chi connectivity index (χ0v) is 13.6. The smallest absolute Gasteiger partial charge is 0.338 e. The number of hydrogen-bond acceptors (Lipinski definition) is 1. The number of carbonyl (C=O) groups is 1. The lowest BCUT2D eigenvalue weighted by atomic mass is 9.91. The van der Waals surface area contributed by atoms with Gasteiger partial charge in [-0.05, 0) is 31.0 Å². The maximum Gasteiger partial charge on any atom is 0.338 e. The number of aromatic carboxylic acids is 1. The van der Waals surface area contributed by atoms with Crippen LogP contribution in [-0.2, 0) is 7.05 Å². The third-order valence-corrected chi connectivity index (χ3v) is 4.32. The van der Waals surface area contributed by atoms with Crippen LogP contribution in [0.25, 0.3) is 10.9 Å². The lowest BCUT2D eigenvalue weighted by molar-refractivity contribution is 0.0696. The highest BCUT2D eigenvalue weighted by molar-refractivity contribution is 6.31. The third kappa shape index (κ3) is 2.93. The van der Waals surface area contributed by atoms with Crippen molar-refractivity contribution in [3.8, 4) is 0 Å². The predicted molar refractivity (Wildman–Crippen MR) is 87.4 cm³/mol. The first-order valence-electron chi connectivity index (χ1n) is 7.52. The first-order valence-corrected chi connectivity index (χ1v) is 7.90. The Morgan fingerprint density at radius 3 is 2.43 bits per heavy atom. The fraction of sp³-hybridized carbons (Fsp3) is 0.471. The quantitative estimate of drug-likeness (QED) is 0.795. The van der Waals surface area contributed by atoms with E-state index in [-0.39, 0.29) is 5.92 Å². The van der Waals surface area contributed by atoms with Crippen molar-refractivity contribution in [2.24, 2.45) is 7.05 Å². The minimum absolute atomic E-state index is 0.280. The number of fused-ring (bicyclic) bond motifs is 1. The van der Waals surface area contributed by atoms with Crippen LogP contribution in [0.2, 0.25) is 5.02 Å². The molecule has 0 amide bonds. The highest BCUT2D eigenvalue weighted by Crippen LogP contribution is 2.36. The number of aryl methyl sites for hydroxylation is 1. The van der Waals surface area contributed by atoms with Gasteiger partial charge >= 0.3 is 5.97 Å². The van der Waals surface area contributed by atoms with Crippen LogP contribution >= 0.6 is 11.6 Å². The molecular formula is C17H22ClNO2. The monoisotopic (exact) mass is 307 g/mol. The van der Waals surface area contributed by atoms with Crippen molar-refractivity contribution in [1.29, 1.82) is 0 Å². The molecule has 4 heteroatoms. The molecule has 1 aromatic carbocycles. The minimum atomic E-state index is -0.866. The number of carboxylic acids is 1. The van der Waals surface area contributed by atoms with Gasteiger partial charge in [0.15, 0.2) is 0 Å². The first-order chi connectivity index (χ1) is 10.0. The van der Waals surface area contributed by atoms with Gasteiger partial charge in [0.1, 0.15) is 0 Å². The molecule has 114 valence electrons. The summed E-state index contributed by atoms with van der Waals surface area (Å²) in [7, 11) is 1.95. The van der Waals surface area contributed by atoms with Gasteiger partial charge in [0.25, 0.3) is 0 Å². The molecule has 1 N–H and O–H groups in total. The van der Waals surface area contributed by atoms with Crippen LogP contribution in [0.3, 0.4) is 0 Å². The average Bonchev–Trinajstić information content (AvgIpc) is 2.71. The number of benzene rings is 1. The van der Waals surface area contributed by atoms with E-state index in [0.717, 1.165) is 42.3 Å². The summed E-state index contributed by atoms with van der Waals surface area (Å²) in [6, 6.07) is 5.48. The summed E-state index contributed by atoms with van der Waals surface area (Å²) >= 11 is 6.06. The molecule has 1 heterocycles. The van der Waals surface area contributed by atoms with E-state index in [0.29, 0.717) is 10.6 Å². The predicted octanol–water partition coefficient (Wildman–Crippen LogP) is 5.21. The number of rotatable bonds is 6. The Kier molecular flexibility index (Phi) is 4.94. The zero-order valence-electron chi connectivity index (χ0n) is 12.8. The second-order valence-corrected chi connectivity index (χ2v) is 6.00. The van der Waals surface area contributed by atoms with E-state index in [9.17, 15) is 9.90 Å². The van der Waals surface area contributed by atoms with Crippen molar-refractivity contribution in [2.45, 2.75) is 45.4 Å². The van der Waals surface area contributed by atoms with Crippen LogP contribution in [0.5, 0.6) is 0 Å². The summed E-state index contributed by atoms with van der Waals surface area (Å²) in [6.07, 6.45) is 4.11. The van der Waals surface area contributed by atoms with Gasteiger partial charge in [-0.3, -0.25) is 0 Å². The number of carboxylic acid groups (broad SMARTS) is 1. The molecule has 2 rings (SSSR count). The van der Waals surface area contributed by atoms with Gasteiger partial charge in [-0.25, -0.2) is 4.79 Å². The van der Waals surface area contributed by atoms with Gasteiger partial charge in [-0.2, -0.15) is 0 Å². The van der Waals surface area contributed by atoms with Gasteiger partial charge in [0.05, 0.1) is 5.56 Å². The Morgan fingerprint density at radius 1 is 1.29 bits per heavy atom. The lowest BCUT2D eigenvalue weighted by Gasteiger charge is -2.18. The Morgan fingerprint density at radius 2 is 1.90 bits per heavy atom. The van der Waals surface area contributed by atoms with Crippen molar-refractivity contribution in [3.05, 3.63) is 34.5 Å². The average molecular weight is 308 g/mol. The van der Waals surface area contributed by atoms with Crippen LogP contribution in [0.1, 0.15) is 61.5 Å². The maximum atomic E-state index is 11.8. The van der Waals surface area contributed by atoms with Crippen molar-refractivity contribution in [2.75, 3.05) is 0 Å². The fourth-order valence-electron chi connectivity index (χ4n) is 3.25. The van der Waals surface area contributed by atoms with Gasteiger partial charge in [-0.1, -0.05) is 38.3 Å². The highest BCUT2D eigenvalue weighted by atomic mass is 35.5. The SMILES string of the molecule is CCCC(CCC)c1c(C(=O)O)c2cc(Cl)ccc2n1C. The fourth-order valence-corrected chi connectivity index (χ4v) is 3.43. The standard InChI is InChI=1S/C17H22ClNO2/c1-4-6-11(7-5-2)16-15(17(20)21)13-10-12(18)8-9-14(13)19(16)3/h8-11H,4-7H2,1-3H3,(H,20,21). The Hall–Kier alpha value is -1.48. The van der Waals surface area contributed by atoms with Gasteiger partial charge in [0, 0.05) is 34.6 Å². The molecule has 0 aliphatic rings. The molecular weight excluding hydrogens is 286 g/mol. The topological polar surface area (TPSA) is 42.2 Å². The summed E-state index contributed by atoms with van der Waals surface area (Å²) < 4.78 is 2.03. The minimum Gasteiger partial charge on any atom is -0.478 e. The van der Waals surface area contributed by atoms with E-state index >= 15 is 0 Å². The molecule has 0 saturated heterocycles. The lowest BCUT2D eigenvalue weighted by Crippen LogP contribution is -2.10. The van der Waals surface area contributed by atoms with E-state index in [1.54, 1.807) is 6.07 Å². The molecule has 0 radical (unpaired) electrons. The first kappa shape index (κ1) is 15.9. The van der Waals surface area contributed by atoms with Gasteiger partial charge < -0.3 is 9.67 Å². The Labute approximate surface area is 130 Å². The summed E-state index contributed by atoms with van der Waals surface area (Å²) in [5.41, 5.74) is 2.29. The van der Waals surface area contributed by atoms with E-state index in [2.05, 4.69) is 13.8 Å². The molecule has 2 aromatic rings.